The molecule has 18 heavy (non-hydrogen) atoms. The van der Waals surface area contributed by atoms with E-state index in [0.717, 1.165) is 57.0 Å². The van der Waals surface area contributed by atoms with Gasteiger partial charge in [-0.15, -0.1) is 0 Å². The Morgan fingerprint density at radius 2 is 2.33 bits per heavy atom. The van der Waals surface area contributed by atoms with Crippen molar-refractivity contribution in [3.05, 3.63) is 23.2 Å². The number of quaternary nitrogens is 1. The predicted molar refractivity (Wildman–Crippen MR) is 67.1 cm³/mol. The molecule has 0 saturated carbocycles. The number of hydroxylamine groups is 4. The van der Waals surface area contributed by atoms with Crippen LogP contribution in [-0.2, 0) is 4.84 Å². The Bertz CT molecular complexity index is 397. The molecule has 0 bridgehead atoms. The fraction of sp³-hybridized carbons (Fsp3) is 0.692. The number of nitrogens with one attached hydrogen (secondary N) is 1. The summed E-state index contributed by atoms with van der Waals surface area (Å²) in [5.74, 6) is 0.733. The Morgan fingerprint density at radius 1 is 1.44 bits per heavy atom. The van der Waals surface area contributed by atoms with Gasteiger partial charge in [0, 0.05) is 19.6 Å². The Kier molecular flexibility index (Phi) is 3.05. The molecule has 0 aromatic rings. The van der Waals surface area contributed by atoms with Crippen LogP contribution in [0.3, 0.4) is 0 Å². The zero-order valence-electron chi connectivity index (χ0n) is 11.0. The van der Waals surface area contributed by atoms with Crippen LogP contribution in [0.25, 0.3) is 0 Å². The molecule has 3 heterocycles. The van der Waals surface area contributed by atoms with Crippen LogP contribution in [0.1, 0.15) is 26.2 Å². The van der Waals surface area contributed by atoms with E-state index >= 15 is 0 Å². The van der Waals surface area contributed by atoms with Crippen LogP contribution in [-0.4, -0.2) is 47.6 Å². The number of allylic oxidation sites excluding steroid dienone is 1. The minimum Gasteiger partial charge on any atom is -0.362 e. The summed E-state index contributed by atoms with van der Waals surface area (Å²) in [5, 5.41) is 13.6. The summed E-state index contributed by atoms with van der Waals surface area (Å²) in [6.07, 6.45) is 5.51. The third kappa shape index (κ3) is 2.13. The van der Waals surface area contributed by atoms with E-state index in [2.05, 4.69) is 23.2 Å². The SMILES string of the molecule is CCCC1=CC(N2CCCNCC2)=C2O[N+]2(O)C1. The van der Waals surface area contributed by atoms with Crippen molar-refractivity contribution >= 4 is 0 Å². The summed E-state index contributed by atoms with van der Waals surface area (Å²) in [7, 11) is 0. The first kappa shape index (κ1) is 12.0. The van der Waals surface area contributed by atoms with Crippen molar-refractivity contribution in [2.75, 3.05) is 32.7 Å². The van der Waals surface area contributed by atoms with E-state index in [0.29, 0.717) is 6.54 Å². The van der Waals surface area contributed by atoms with Gasteiger partial charge in [0.25, 0.3) is 0 Å². The third-order valence-electron chi connectivity index (χ3n) is 3.75. The summed E-state index contributed by atoms with van der Waals surface area (Å²) in [6.45, 7) is 6.85. The van der Waals surface area contributed by atoms with Gasteiger partial charge in [-0.05, 0) is 31.0 Å². The molecular weight excluding hydrogens is 230 g/mol. The maximum Gasteiger partial charge on any atom is 0.451 e. The van der Waals surface area contributed by atoms with E-state index in [-0.39, 0.29) is 4.81 Å². The second-order valence-electron chi connectivity index (χ2n) is 5.28. The molecule has 0 aromatic heterocycles. The van der Waals surface area contributed by atoms with E-state index in [1.165, 1.54) is 5.57 Å². The quantitative estimate of drug-likeness (QED) is 0.588. The van der Waals surface area contributed by atoms with E-state index < -0.39 is 0 Å². The standard InChI is InChI=1S/C13H22N3O2/c1-2-4-11-9-12(13-16(17,10-11)18-13)15-7-3-5-14-6-8-15/h9,14,17H,2-8,10H2,1H3/q+1. The van der Waals surface area contributed by atoms with Gasteiger partial charge in [0.1, 0.15) is 0 Å². The van der Waals surface area contributed by atoms with Crippen molar-refractivity contribution < 1.29 is 14.9 Å². The van der Waals surface area contributed by atoms with Gasteiger partial charge >= 0.3 is 5.88 Å². The number of fused-ring (bicyclic) bond motifs is 1. The molecule has 2 N–H and O–H groups in total. The van der Waals surface area contributed by atoms with Crippen molar-refractivity contribution in [1.82, 2.24) is 10.2 Å². The average Bonchev–Trinajstić information content (AvgIpc) is 3.06. The topological polar surface area (TPSA) is 48.0 Å². The van der Waals surface area contributed by atoms with Crippen LogP contribution in [0.5, 0.6) is 0 Å². The zero-order chi connectivity index (χ0) is 12.6. The predicted octanol–water partition coefficient (Wildman–Crippen LogP) is 1.34. The Morgan fingerprint density at radius 3 is 3.17 bits per heavy atom. The number of nitrogens with zero attached hydrogens (tertiary/aromatic N) is 2. The largest absolute Gasteiger partial charge is 0.451 e. The molecule has 0 spiro atoms. The average molecular weight is 252 g/mol. The molecule has 1 atom stereocenters. The molecule has 5 nitrogen and oxygen atoms in total. The van der Waals surface area contributed by atoms with Gasteiger partial charge in [-0.2, -0.15) is 5.21 Å². The van der Waals surface area contributed by atoms with Crippen molar-refractivity contribution in [2.45, 2.75) is 26.2 Å². The monoisotopic (exact) mass is 252 g/mol. The maximum absolute atomic E-state index is 10.2. The molecule has 3 aliphatic heterocycles. The number of hydrogen-bond donors (Lipinski definition) is 2. The number of hydrogen-bond acceptors (Lipinski definition) is 4. The van der Waals surface area contributed by atoms with E-state index in [9.17, 15) is 5.21 Å². The smallest absolute Gasteiger partial charge is 0.362 e. The van der Waals surface area contributed by atoms with Gasteiger partial charge in [-0.1, -0.05) is 13.3 Å². The van der Waals surface area contributed by atoms with Gasteiger partial charge in [0.05, 0.1) is 4.81 Å². The lowest BCUT2D eigenvalue weighted by atomic mass is 10.1. The van der Waals surface area contributed by atoms with Crippen LogP contribution in [0.2, 0.25) is 0 Å². The molecule has 2 saturated heterocycles. The first-order valence-electron chi connectivity index (χ1n) is 6.93. The molecule has 3 aliphatic rings. The fourth-order valence-electron chi connectivity index (χ4n) is 2.81. The van der Waals surface area contributed by atoms with Crippen molar-refractivity contribution in [1.29, 1.82) is 0 Å². The Labute approximate surface area is 108 Å². The van der Waals surface area contributed by atoms with Crippen LogP contribution >= 0.6 is 0 Å². The summed E-state index contributed by atoms with van der Waals surface area (Å²) >= 11 is 0. The van der Waals surface area contributed by atoms with Gasteiger partial charge in [-0.25, -0.2) is 4.84 Å². The van der Waals surface area contributed by atoms with Crippen LogP contribution in [0, 0.1) is 0 Å². The summed E-state index contributed by atoms with van der Waals surface area (Å²) in [5.41, 5.74) is 2.38. The first-order valence-corrected chi connectivity index (χ1v) is 6.93. The molecule has 0 aliphatic carbocycles. The normalized spacial score (nSPS) is 31.4. The molecule has 3 rings (SSSR count). The number of rotatable bonds is 3. The van der Waals surface area contributed by atoms with Gasteiger partial charge in [0.2, 0.25) is 0 Å². The Hall–Kier alpha value is -1.04. The molecule has 5 heteroatoms. The lowest BCUT2D eigenvalue weighted by Crippen LogP contribution is -2.32. The lowest BCUT2D eigenvalue weighted by molar-refractivity contribution is -1.08. The molecule has 1 unspecified atom stereocenters. The fourth-order valence-corrected chi connectivity index (χ4v) is 2.81. The summed E-state index contributed by atoms with van der Waals surface area (Å²) in [6, 6.07) is 0. The highest BCUT2D eigenvalue weighted by molar-refractivity contribution is 5.29. The summed E-state index contributed by atoms with van der Waals surface area (Å²) < 4.78 is 0. The molecule has 0 radical (unpaired) electrons. The van der Waals surface area contributed by atoms with Crippen molar-refractivity contribution in [3.8, 4) is 0 Å². The molecular formula is C13H22N3O2+. The lowest BCUT2D eigenvalue weighted by Gasteiger charge is -2.22. The molecule has 0 amide bonds. The third-order valence-corrected chi connectivity index (χ3v) is 3.75. The van der Waals surface area contributed by atoms with Crippen LogP contribution in [0.4, 0.5) is 0 Å². The highest BCUT2D eigenvalue weighted by Gasteiger charge is 2.62. The second-order valence-corrected chi connectivity index (χ2v) is 5.28. The zero-order valence-corrected chi connectivity index (χ0v) is 11.0. The van der Waals surface area contributed by atoms with Crippen molar-refractivity contribution in [2.24, 2.45) is 0 Å². The minimum atomic E-state index is -0.301. The van der Waals surface area contributed by atoms with E-state index in [1.807, 2.05) is 0 Å². The van der Waals surface area contributed by atoms with Gasteiger partial charge < -0.3 is 10.2 Å². The van der Waals surface area contributed by atoms with Crippen LogP contribution < -0.4 is 5.32 Å². The maximum atomic E-state index is 10.2. The minimum absolute atomic E-state index is 0.301. The molecule has 100 valence electrons. The van der Waals surface area contributed by atoms with Gasteiger partial charge in [0.15, 0.2) is 12.2 Å². The second kappa shape index (κ2) is 4.57. The summed E-state index contributed by atoms with van der Waals surface area (Å²) in [4.78, 5) is 7.44. The first-order chi connectivity index (χ1) is 8.73. The molecule has 0 aromatic carbocycles. The highest BCUT2D eigenvalue weighted by atomic mass is 17.1. The Balaban J connectivity index is 1.82. The highest BCUT2D eigenvalue weighted by Crippen LogP contribution is 2.44. The van der Waals surface area contributed by atoms with E-state index in [4.69, 9.17) is 4.84 Å². The van der Waals surface area contributed by atoms with Crippen LogP contribution in [0.15, 0.2) is 23.2 Å². The van der Waals surface area contributed by atoms with Gasteiger partial charge in [-0.3, -0.25) is 0 Å². The van der Waals surface area contributed by atoms with Crippen molar-refractivity contribution in [3.63, 3.8) is 0 Å². The van der Waals surface area contributed by atoms with E-state index in [1.54, 1.807) is 0 Å². The molecule has 2 fully saturated rings.